The molecule has 0 unspecified atom stereocenters. The van der Waals surface area contributed by atoms with Crippen LogP contribution in [0, 0.1) is 23.3 Å². The normalized spacial score (nSPS) is 21.3. The number of ketones is 1. The molecule has 0 spiro atoms. The van der Waals surface area contributed by atoms with Gasteiger partial charge in [-0.1, -0.05) is 11.6 Å². The lowest BCUT2D eigenvalue weighted by molar-refractivity contribution is -0.113. The van der Waals surface area contributed by atoms with E-state index in [2.05, 4.69) is 40.2 Å². The monoisotopic (exact) mass is 385 g/mol. The van der Waals surface area contributed by atoms with Gasteiger partial charge in [-0.15, -0.1) is 0 Å². The lowest BCUT2D eigenvalue weighted by Crippen LogP contribution is -2.52. The van der Waals surface area contributed by atoms with Crippen molar-refractivity contribution in [3.8, 4) is 18.0 Å². The number of anilines is 1. The molecule has 7 heteroatoms. The highest BCUT2D eigenvalue weighted by Gasteiger charge is 2.30. The van der Waals surface area contributed by atoms with Gasteiger partial charge in [0.15, 0.2) is 0 Å². The number of Topliss-reactive ketones (excluding diaryl/α,β-unsaturated/α-hetero) is 1. The molecular weight excluding hydrogens is 362 g/mol. The smallest absolute Gasteiger partial charge is 0.220 e. The van der Waals surface area contributed by atoms with E-state index in [1.165, 1.54) is 0 Å². The average Bonchev–Trinajstić information content (AvgIpc) is 3.14. The van der Waals surface area contributed by atoms with Crippen molar-refractivity contribution in [2.75, 3.05) is 31.1 Å². The number of likely N-dealkylation sites (tertiary alicyclic amines) is 1. The number of halogens is 1. The first-order valence-electron chi connectivity index (χ1n) is 9.31. The van der Waals surface area contributed by atoms with E-state index < -0.39 is 0 Å². The summed E-state index contributed by atoms with van der Waals surface area (Å²) in [4.78, 5) is 20.5. The molecule has 1 atom stereocenters. The lowest BCUT2D eigenvalue weighted by Gasteiger charge is -2.40. The number of aromatic nitrogens is 1. The van der Waals surface area contributed by atoms with E-state index in [0.29, 0.717) is 5.02 Å². The number of rotatable bonds is 4. The van der Waals surface area contributed by atoms with Gasteiger partial charge in [-0.3, -0.25) is 4.79 Å². The maximum atomic E-state index is 12.1. The summed E-state index contributed by atoms with van der Waals surface area (Å²) < 4.78 is 0. The van der Waals surface area contributed by atoms with E-state index in [4.69, 9.17) is 16.9 Å². The molecule has 0 amide bonds. The molecule has 0 saturated carbocycles. The van der Waals surface area contributed by atoms with Crippen LogP contribution in [0.3, 0.4) is 0 Å². The molecule has 2 fully saturated rings. The molecule has 3 heterocycles. The first-order chi connectivity index (χ1) is 13.0. The van der Waals surface area contributed by atoms with E-state index in [1.54, 1.807) is 11.1 Å². The Balaban J connectivity index is 1.47. The van der Waals surface area contributed by atoms with Crippen LogP contribution in [0.2, 0.25) is 5.02 Å². The highest BCUT2D eigenvalue weighted by molar-refractivity contribution is 6.30. The number of pyridine rings is 1. The molecule has 0 bridgehead atoms. The van der Waals surface area contributed by atoms with E-state index in [9.17, 15) is 4.79 Å². The first-order valence-corrected chi connectivity index (χ1v) is 9.69. The fourth-order valence-electron chi connectivity index (χ4n) is 3.47. The quantitative estimate of drug-likeness (QED) is 0.801. The molecule has 2 saturated heterocycles. The zero-order valence-electron chi connectivity index (χ0n) is 15.5. The maximum absolute atomic E-state index is 12.1. The SMILES string of the molecule is CC1(NCC(=O)C#CN2CCC[C@H]2C#N)CCN(c2ccc(Cl)cn2)CC1. The number of piperidine rings is 1. The van der Waals surface area contributed by atoms with Crippen molar-refractivity contribution in [1.82, 2.24) is 15.2 Å². The summed E-state index contributed by atoms with van der Waals surface area (Å²) in [6.45, 7) is 4.88. The number of carbonyl (C=O) groups excluding carboxylic acids is 1. The largest absolute Gasteiger partial charge is 0.356 e. The second-order valence-corrected chi connectivity index (χ2v) is 7.81. The van der Waals surface area contributed by atoms with Gasteiger partial charge in [0.1, 0.15) is 11.9 Å². The Hall–Kier alpha value is -2.28. The number of hydrogen-bond acceptors (Lipinski definition) is 6. The molecule has 142 valence electrons. The highest BCUT2D eigenvalue weighted by atomic mass is 35.5. The molecule has 27 heavy (non-hydrogen) atoms. The van der Waals surface area contributed by atoms with Crippen molar-refractivity contribution in [2.24, 2.45) is 0 Å². The van der Waals surface area contributed by atoms with Gasteiger partial charge < -0.3 is 15.1 Å². The summed E-state index contributed by atoms with van der Waals surface area (Å²) in [5.41, 5.74) is -0.0941. The van der Waals surface area contributed by atoms with Crippen LogP contribution >= 0.6 is 11.6 Å². The number of hydrogen-bond donors (Lipinski definition) is 1. The average molecular weight is 386 g/mol. The highest BCUT2D eigenvalue weighted by Crippen LogP contribution is 2.25. The van der Waals surface area contributed by atoms with E-state index in [-0.39, 0.29) is 23.9 Å². The van der Waals surface area contributed by atoms with Crippen molar-refractivity contribution in [3.05, 3.63) is 23.4 Å². The molecule has 3 rings (SSSR count). The summed E-state index contributed by atoms with van der Waals surface area (Å²) >= 11 is 5.90. The number of nitrogens with one attached hydrogen (secondary N) is 1. The molecular formula is C20H24ClN5O. The standard InChI is InChI=1S/C20H24ClN5O/c1-20(7-11-26(12-8-20)19-5-4-16(21)14-23-19)24-15-18(27)6-10-25-9-2-3-17(25)13-22/h4-5,14,17,24H,2-3,7-9,11-12,15H2,1H3/t17-/m0/s1. The predicted molar refractivity (Wildman–Crippen MR) is 105 cm³/mol. The third kappa shape index (κ3) is 5.13. The first kappa shape index (κ1) is 19.5. The molecule has 0 aliphatic carbocycles. The zero-order valence-corrected chi connectivity index (χ0v) is 16.3. The molecule has 1 aromatic heterocycles. The summed E-state index contributed by atoms with van der Waals surface area (Å²) in [5.74, 6) is 3.47. The fraction of sp³-hybridized carbons (Fsp3) is 0.550. The van der Waals surface area contributed by atoms with Gasteiger partial charge in [0, 0.05) is 37.4 Å². The summed E-state index contributed by atoms with van der Waals surface area (Å²) in [6.07, 6.45) is 5.28. The van der Waals surface area contributed by atoms with Crippen LogP contribution in [0.4, 0.5) is 5.82 Å². The van der Waals surface area contributed by atoms with Crippen LogP contribution in [0.15, 0.2) is 18.3 Å². The van der Waals surface area contributed by atoms with Crippen molar-refractivity contribution < 1.29 is 4.79 Å². The van der Waals surface area contributed by atoms with Crippen LogP contribution in [-0.4, -0.2) is 53.4 Å². The third-order valence-electron chi connectivity index (χ3n) is 5.32. The van der Waals surface area contributed by atoms with Crippen LogP contribution in [0.25, 0.3) is 0 Å². The Bertz CT molecular complexity index is 768. The fourth-order valence-corrected chi connectivity index (χ4v) is 3.58. The minimum absolute atomic E-state index is 0.0941. The number of carbonyl (C=O) groups is 1. The van der Waals surface area contributed by atoms with Gasteiger partial charge in [-0.05, 0) is 50.7 Å². The van der Waals surface area contributed by atoms with Crippen molar-refractivity contribution in [2.45, 2.75) is 44.2 Å². The molecule has 0 radical (unpaired) electrons. The van der Waals surface area contributed by atoms with E-state index >= 15 is 0 Å². The summed E-state index contributed by atoms with van der Waals surface area (Å²) in [6, 6.07) is 8.69. The predicted octanol–water partition coefficient (Wildman–Crippen LogP) is 2.20. The Morgan fingerprint density at radius 3 is 2.85 bits per heavy atom. The molecule has 2 aliphatic heterocycles. The van der Waals surface area contributed by atoms with Gasteiger partial charge in [-0.25, -0.2) is 4.98 Å². The maximum Gasteiger partial charge on any atom is 0.220 e. The Morgan fingerprint density at radius 2 is 2.19 bits per heavy atom. The van der Waals surface area contributed by atoms with E-state index in [0.717, 1.165) is 51.1 Å². The van der Waals surface area contributed by atoms with Crippen LogP contribution in [0.1, 0.15) is 32.6 Å². The summed E-state index contributed by atoms with van der Waals surface area (Å²) in [7, 11) is 0. The number of nitrogens with zero attached hydrogens (tertiary/aromatic N) is 4. The zero-order chi connectivity index (χ0) is 19.3. The van der Waals surface area contributed by atoms with E-state index in [1.807, 2.05) is 12.1 Å². The molecule has 0 aromatic carbocycles. The Labute approximate surface area is 165 Å². The second-order valence-electron chi connectivity index (χ2n) is 7.38. The van der Waals surface area contributed by atoms with Crippen LogP contribution in [0.5, 0.6) is 0 Å². The summed E-state index contributed by atoms with van der Waals surface area (Å²) in [5, 5.41) is 13.1. The Morgan fingerprint density at radius 1 is 1.41 bits per heavy atom. The van der Waals surface area contributed by atoms with Gasteiger partial charge in [0.25, 0.3) is 0 Å². The minimum Gasteiger partial charge on any atom is -0.356 e. The molecule has 6 nitrogen and oxygen atoms in total. The van der Waals surface area contributed by atoms with Crippen molar-refractivity contribution in [3.63, 3.8) is 0 Å². The van der Waals surface area contributed by atoms with Gasteiger partial charge >= 0.3 is 0 Å². The molecule has 1 N–H and O–H groups in total. The molecule has 1 aromatic rings. The topological polar surface area (TPSA) is 72.3 Å². The minimum atomic E-state index is -0.179. The Kier molecular flexibility index (Phi) is 6.21. The number of nitriles is 1. The van der Waals surface area contributed by atoms with Crippen molar-refractivity contribution >= 4 is 23.2 Å². The van der Waals surface area contributed by atoms with Crippen LogP contribution in [-0.2, 0) is 4.79 Å². The second kappa shape index (κ2) is 8.61. The van der Waals surface area contributed by atoms with Gasteiger partial charge in [0.05, 0.1) is 17.6 Å². The third-order valence-corrected chi connectivity index (χ3v) is 5.54. The molecule has 2 aliphatic rings. The van der Waals surface area contributed by atoms with Crippen molar-refractivity contribution in [1.29, 1.82) is 5.26 Å². The lowest BCUT2D eigenvalue weighted by atomic mass is 9.89. The van der Waals surface area contributed by atoms with Gasteiger partial charge in [-0.2, -0.15) is 5.26 Å². The van der Waals surface area contributed by atoms with Gasteiger partial charge in [0.2, 0.25) is 5.78 Å². The van der Waals surface area contributed by atoms with Crippen LogP contribution < -0.4 is 10.2 Å².